The van der Waals surface area contributed by atoms with Gasteiger partial charge in [0.05, 0.1) is 12.7 Å². The Morgan fingerprint density at radius 1 is 1.25 bits per heavy atom. The van der Waals surface area contributed by atoms with Crippen LogP contribution in [0.4, 0.5) is 8.78 Å². The lowest BCUT2D eigenvalue weighted by Crippen LogP contribution is -2.17. The number of ether oxygens (including phenoxy) is 2. The van der Waals surface area contributed by atoms with Gasteiger partial charge in [-0.25, -0.2) is 4.39 Å². The highest BCUT2D eigenvalue weighted by Gasteiger charge is 2.28. The Morgan fingerprint density at radius 2 is 1.92 bits per heavy atom. The first-order valence-electron chi connectivity index (χ1n) is 7.77. The van der Waals surface area contributed by atoms with Crippen LogP contribution in [-0.2, 0) is 4.74 Å². The first kappa shape index (κ1) is 18.2. The lowest BCUT2D eigenvalue weighted by molar-refractivity contribution is 0.0868. The summed E-state index contributed by atoms with van der Waals surface area (Å²) in [4.78, 5) is 12.4. The highest BCUT2D eigenvalue weighted by molar-refractivity contribution is 5.37. The summed E-state index contributed by atoms with van der Waals surface area (Å²) in [5.41, 5.74) is 0.485. The van der Waals surface area contributed by atoms with E-state index in [2.05, 4.69) is 5.10 Å². The number of hydrogen-bond donors (Lipinski definition) is 1. The van der Waals surface area contributed by atoms with E-state index in [9.17, 15) is 13.6 Å². The molecule has 24 heavy (non-hydrogen) atoms. The standard InChI is InChI=1S/C17H22F2N2O3/c1-6-24-16(11-7-8-12(23-5)15(19)14(11)18)13-10(4)21(9(2)3)20-17(13)22/h7-9,16H,6H2,1-5H3,(H,20,22). The molecule has 0 saturated carbocycles. The summed E-state index contributed by atoms with van der Waals surface area (Å²) >= 11 is 0. The second-order valence-corrected chi connectivity index (χ2v) is 5.72. The lowest BCUT2D eigenvalue weighted by Gasteiger charge is -2.19. The summed E-state index contributed by atoms with van der Waals surface area (Å²) in [7, 11) is 1.26. The summed E-state index contributed by atoms with van der Waals surface area (Å²) in [5.74, 6) is -2.38. The first-order chi connectivity index (χ1) is 11.3. The van der Waals surface area contributed by atoms with Gasteiger partial charge >= 0.3 is 0 Å². The van der Waals surface area contributed by atoms with Crippen molar-refractivity contribution in [3.05, 3.63) is 50.9 Å². The number of aromatic amines is 1. The van der Waals surface area contributed by atoms with Crippen LogP contribution in [0.25, 0.3) is 0 Å². The predicted octanol–water partition coefficient (Wildman–Crippen LogP) is 3.48. The van der Waals surface area contributed by atoms with Crippen LogP contribution in [-0.4, -0.2) is 23.5 Å². The molecule has 1 heterocycles. The van der Waals surface area contributed by atoms with Gasteiger partial charge in [0.1, 0.15) is 6.10 Å². The quantitative estimate of drug-likeness (QED) is 0.876. The van der Waals surface area contributed by atoms with E-state index in [1.807, 2.05) is 13.8 Å². The number of nitrogens with zero attached hydrogens (tertiary/aromatic N) is 1. The summed E-state index contributed by atoms with van der Waals surface area (Å²) in [6, 6.07) is 2.72. The molecule has 1 atom stereocenters. The molecule has 2 rings (SSSR count). The second-order valence-electron chi connectivity index (χ2n) is 5.72. The van der Waals surface area contributed by atoms with E-state index in [4.69, 9.17) is 9.47 Å². The van der Waals surface area contributed by atoms with Gasteiger partial charge in [-0.2, -0.15) is 4.39 Å². The van der Waals surface area contributed by atoms with Crippen molar-refractivity contribution in [1.29, 1.82) is 0 Å². The molecule has 0 fully saturated rings. The topological polar surface area (TPSA) is 56.2 Å². The largest absolute Gasteiger partial charge is 0.494 e. The monoisotopic (exact) mass is 340 g/mol. The van der Waals surface area contributed by atoms with Gasteiger partial charge in [0.15, 0.2) is 11.6 Å². The molecule has 1 aromatic carbocycles. The van der Waals surface area contributed by atoms with E-state index in [1.165, 1.54) is 19.2 Å². The number of halogens is 2. The molecule has 0 radical (unpaired) electrons. The molecule has 2 aromatic rings. The van der Waals surface area contributed by atoms with Gasteiger partial charge in [-0.3, -0.25) is 14.6 Å². The molecule has 132 valence electrons. The maximum Gasteiger partial charge on any atom is 0.270 e. The number of aromatic nitrogens is 2. The molecule has 1 unspecified atom stereocenters. The van der Waals surface area contributed by atoms with Gasteiger partial charge in [-0.05, 0) is 39.8 Å². The van der Waals surface area contributed by atoms with Gasteiger partial charge in [0.2, 0.25) is 5.82 Å². The number of benzene rings is 1. The van der Waals surface area contributed by atoms with Gasteiger partial charge in [0, 0.05) is 23.9 Å². The van der Waals surface area contributed by atoms with Crippen molar-refractivity contribution < 1.29 is 18.3 Å². The number of methoxy groups -OCH3 is 1. The molecule has 0 aliphatic heterocycles. The van der Waals surface area contributed by atoms with Crippen molar-refractivity contribution in [3.8, 4) is 5.75 Å². The van der Waals surface area contributed by atoms with Crippen molar-refractivity contribution in [3.63, 3.8) is 0 Å². The molecule has 5 nitrogen and oxygen atoms in total. The number of hydrogen-bond acceptors (Lipinski definition) is 3. The van der Waals surface area contributed by atoms with Crippen molar-refractivity contribution >= 4 is 0 Å². The van der Waals surface area contributed by atoms with E-state index in [0.29, 0.717) is 5.69 Å². The molecule has 0 aliphatic carbocycles. The Kier molecular flexibility index (Phi) is 5.43. The van der Waals surface area contributed by atoms with Crippen LogP contribution < -0.4 is 10.3 Å². The van der Waals surface area contributed by atoms with Crippen molar-refractivity contribution in [2.75, 3.05) is 13.7 Å². The minimum absolute atomic E-state index is 0.0196. The third-order valence-electron chi connectivity index (χ3n) is 3.91. The average Bonchev–Trinajstić information content (AvgIpc) is 2.83. The van der Waals surface area contributed by atoms with Gasteiger partial charge < -0.3 is 9.47 Å². The van der Waals surface area contributed by atoms with Crippen LogP contribution in [0, 0.1) is 18.6 Å². The molecule has 0 bridgehead atoms. The minimum atomic E-state index is -1.10. The van der Waals surface area contributed by atoms with Crippen molar-refractivity contribution in [1.82, 2.24) is 9.78 Å². The molecule has 0 aliphatic rings. The third kappa shape index (κ3) is 3.08. The van der Waals surface area contributed by atoms with E-state index in [-0.39, 0.29) is 35.1 Å². The zero-order valence-electron chi connectivity index (χ0n) is 14.4. The fourth-order valence-electron chi connectivity index (χ4n) is 2.77. The lowest BCUT2D eigenvalue weighted by atomic mass is 10.0. The number of rotatable bonds is 6. The van der Waals surface area contributed by atoms with Crippen molar-refractivity contribution in [2.24, 2.45) is 0 Å². The first-order valence-corrected chi connectivity index (χ1v) is 7.77. The number of nitrogens with one attached hydrogen (secondary N) is 1. The average molecular weight is 340 g/mol. The Morgan fingerprint density at radius 3 is 2.42 bits per heavy atom. The van der Waals surface area contributed by atoms with E-state index in [1.54, 1.807) is 18.5 Å². The maximum atomic E-state index is 14.5. The van der Waals surface area contributed by atoms with Gasteiger partial charge in [-0.15, -0.1) is 0 Å². The molecule has 0 amide bonds. The molecular weight excluding hydrogens is 318 g/mol. The summed E-state index contributed by atoms with van der Waals surface area (Å²) in [6.07, 6.45) is -1.00. The summed E-state index contributed by atoms with van der Waals surface area (Å²) in [6.45, 7) is 7.54. The Balaban J connectivity index is 2.64. The fourth-order valence-corrected chi connectivity index (χ4v) is 2.77. The molecular formula is C17H22F2N2O3. The minimum Gasteiger partial charge on any atom is -0.494 e. The second kappa shape index (κ2) is 7.17. The molecule has 1 N–H and O–H groups in total. The number of H-pyrrole nitrogens is 1. The Hall–Kier alpha value is -2.15. The fraction of sp³-hybridized carbons (Fsp3) is 0.471. The van der Waals surface area contributed by atoms with E-state index in [0.717, 1.165) is 0 Å². The van der Waals surface area contributed by atoms with Gasteiger partial charge in [0.25, 0.3) is 5.56 Å². The van der Waals surface area contributed by atoms with Crippen LogP contribution >= 0.6 is 0 Å². The van der Waals surface area contributed by atoms with Crippen LogP contribution in [0.1, 0.15) is 49.7 Å². The maximum absolute atomic E-state index is 14.5. The van der Waals surface area contributed by atoms with Crippen LogP contribution in [0.5, 0.6) is 5.75 Å². The van der Waals surface area contributed by atoms with E-state index >= 15 is 0 Å². The zero-order valence-corrected chi connectivity index (χ0v) is 14.4. The summed E-state index contributed by atoms with van der Waals surface area (Å²) in [5, 5.41) is 2.72. The molecule has 0 spiro atoms. The Labute approximate surface area is 139 Å². The van der Waals surface area contributed by atoms with Crippen molar-refractivity contribution in [2.45, 2.75) is 39.8 Å². The zero-order chi connectivity index (χ0) is 18.0. The normalized spacial score (nSPS) is 12.7. The molecule has 7 heteroatoms. The van der Waals surface area contributed by atoms with E-state index < -0.39 is 17.7 Å². The van der Waals surface area contributed by atoms with Crippen LogP contribution in [0.2, 0.25) is 0 Å². The van der Waals surface area contributed by atoms with Crippen LogP contribution in [0.15, 0.2) is 16.9 Å². The SMILES string of the molecule is CCOC(c1ccc(OC)c(F)c1F)c1c(C)n(C(C)C)[nH]c1=O. The highest BCUT2D eigenvalue weighted by Crippen LogP contribution is 2.32. The smallest absolute Gasteiger partial charge is 0.270 e. The molecule has 0 saturated heterocycles. The summed E-state index contributed by atoms with van der Waals surface area (Å²) < 4.78 is 40.6. The predicted molar refractivity (Wildman–Crippen MR) is 86.6 cm³/mol. The van der Waals surface area contributed by atoms with Gasteiger partial charge in [-0.1, -0.05) is 0 Å². The molecule has 1 aromatic heterocycles. The Bertz CT molecular complexity index is 781. The van der Waals surface area contributed by atoms with Crippen LogP contribution in [0.3, 0.4) is 0 Å². The highest BCUT2D eigenvalue weighted by atomic mass is 19.2. The third-order valence-corrected chi connectivity index (χ3v) is 3.91.